The highest BCUT2D eigenvalue weighted by atomic mass is 16.3. The number of likely N-dealkylation sites (tertiary alicyclic amines) is 1. The Hall–Kier alpha value is -0.0800. The summed E-state index contributed by atoms with van der Waals surface area (Å²) < 4.78 is 0. The number of aliphatic hydroxyl groups is 1. The SMILES string of the molecule is CC1CCCCN1CC(C)(C)C(C)O. The molecule has 1 saturated heterocycles. The van der Waals surface area contributed by atoms with Crippen molar-refractivity contribution in [1.29, 1.82) is 0 Å². The molecule has 2 unspecified atom stereocenters. The molecule has 0 amide bonds. The molecule has 0 aromatic carbocycles. The molecular weight excluding hydrogens is 174 g/mol. The molecule has 0 spiro atoms. The molecular formula is C12H25NO. The Morgan fingerprint density at radius 3 is 2.57 bits per heavy atom. The summed E-state index contributed by atoms with van der Waals surface area (Å²) in [7, 11) is 0. The van der Waals surface area contributed by atoms with Crippen molar-refractivity contribution >= 4 is 0 Å². The summed E-state index contributed by atoms with van der Waals surface area (Å²) in [4.78, 5) is 2.52. The Morgan fingerprint density at radius 1 is 1.43 bits per heavy atom. The van der Waals surface area contributed by atoms with E-state index in [2.05, 4.69) is 25.7 Å². The van der Waals surface area contributed by atoms with E-state index in [1.165, 1.54) is 25.8 Å². The van der Waals surface area contributed by atoms with E-state index < -0.39 is 0 Å². The lowest BCUT2D eigenvalue weighted by Gasteiger charge is -2.40. The molecule has 14 heavy (non-hydrogen) atoms. The first-order valence-electron chi connectivity index (χ1n) is 5.85. The Balaban J connectivity index is 2.49. The van der Waals surface area contributed by atoms with Gasteiger partial charge in [-0.1, -0.05) is 20.3 Å². The second-order valence-corrected chi connectivity index (χ2v) is 5.48. The lowest BCUT2D eigenvalue weighted by molar-refractivity contribution is 0.0157. The van der Waals surface area contributed by atoms with Gasteiger partial charge in [-0.05, 0) is 33.2 Å². The minimum Gasteiger partial charge on any atom is -0.393 e. The highest BCUT2D eigenvalue weighted by molar-refractivity contribution is 4.82. The standard InChI is InChI=1S/C12H25NO/c1-10-7-5-6-8-13(10)9-12(3,4)11(2)14/h10-11,14H,5-9H2,1-4H3. The number of hydrogen-bond acceptors (Lipinski definition) is 2. The van der Waals surface area contributed by atoms with Crippen LogP contribution in [0.4, 0.5) is 0 Å². The summed E-state index contributed by atoms with van der Waals surface area (Å²) in [6.07, 6.45) is 3.78. The molecule has 0 saturated carbocycles. The van der Waals surface area contributed by atoms with Gasteiger partial charge in [0.15, 0.2) is 0 Å². The van der Waals surface area contributed by atoms with Crippen LogP contribution in [0.2, 0.25) is 0 Å². The van der Waals surface area contributed by atoms with Crippen LogP contribution >= 0.6 is 0 Å². The molecule has 0 aliphatic carbocycles. The molecule has 84 valence electrons. The zero-order valence-corrected chi connectivity index (χ0v) is 10.1. The minimum atomic E-state index is -0.225. The maximum atomic E-state index is 9.67. The highest BCUT2D eigenvalue weighted by Gasteiger charge is 2.29. The fourth-order valence-corrected chi connectivity index (χ4v) is 2.05. The van der Waals surface area contributed by atoms with Crippen molar-refractivity contribution < 1.29 is 5.11 Å². The third kappa shape index (κ3) is 2.96. The summed E-state index contributed by atoms with van der Waals surface area (Å²) in [6, 6.07) is 0.696. The van der Waals surface area contributed by atoms with Gasteiger partial charge in [0, 0.05) is 18.0 Å². The zero-order valence-electron chi connectivity index (χ0n) is 10.1. The van der Waals surface area contributed by atoms with Crippen molar-refractivity contribution in [3.63, 3.8) is 0 Å². The molecule has 2 nitrogen and oxygen atoms in total. The first kappa shape index (κ1) is 12.0. The lowest BCUT2D eigenvalue weighted by atomic mass is 9.85. The third-order valence-electron chi connectivity index (χ3n) is 3.68. The Kier molecular flexibility index (Phi) is 3.96. The molecule has 1 heterocycles. The largest absolute Gasteiger partial charge is 0.393 e. The van der Waals surface area contributed by atoms with Crippen LogP contribution in [-0.2, 0) is 0 Å². The first-order valence-corrected chi connectivity index (χ1v) is 5.85. The Morgan fingerprint density at radius 2 is 2.07 bits per heavy atom. The van der Waals surface area contributed by atoms with Crippen LogP contribution in [0.1, 0.15) is 47.0 Å². The molecule has 0 radical (unpaired) electrons. The molecule has 0 aromatic rings. The molecule has 1 aliphatic rings. The Labute approximate surface area is 88.3 Å². The maximum Gasteiger partial charge on any atom is 0.0575 e. The fourth-order valence-electron chi connectivity index (χ4n) is 2.05. The molecule has 1 aliphatic heterocycles. The second kappa shape index (κ2) is 4.63. The quantitative estimate of drug-likeness (QED) is 0.753. The van der Waals surface area contributed by atoms with E-state index in [0.717, 1.165) is 6.54 Å². The van der Waals surface area contributed by atoms with Crippen LogP contribution in [0, 0.1) is 5.41 Å². The van der Waals surface area contributed by atoms with Gasteiger partial charge >= 0.3 is 0 Å². The van der Waals surface area contributed by atoms with Gasteiger partial charge in [0.2, 0.25) is 0 Å². The van der Waals surface area contributed by atoms with Crippen LogP contribution in [0.5, 0.6) is 0 Å². The summed E-state index contributed by atoms with van der Waals surface area (Å²) in [5.41, 5.74) is 0.0194. The summed E-state index contributed by atoms with van der Waals surface area (Å²) >= 11 is 0. The molecule has 2 atom stereocenters. The van der Waals surface area contributed by atoms with E-state index in [1.54, 1.807) is 0 Å². The van der Waals surface area contributed by atoms with Gasteiger partial charge in [0.1, 0.15) is 0 Å². The van der Waals surface area contributed by atoms with Gasteiger partial charge in [-0.2, -0.15) is 0 Å². The Bertz CT molecular complexity index is 177. The zero-order chi connectivity index (χ0) is 10.8. The average Bonchev–Trinajstić information content (AvgIpc) is 2.08. The molecule has 0 aromatic heterocycles. The highest BCUT2D eigenvalue weighted by Crippen LogP contribution is 2.26. The van der Waals surface area contributed by atoms with Gasteiger partial charge in [-0.25, -0.2) is 0 Å². The summed E-state index contributed by atoms with van der Waals surface area (Å²) in [5, 5.41) is 9.67. The minimum absolute atomic E-state index is 0.0194. The maximum absolute atomic E-state index is 9.67. The molecule has 2 heteroatoms. The van der Waals surface area contributed by atoms with Gasteiger partial charge in [0.25, 0.3) is 0 Å². The van der Waals surface area contributed by atoms with E-state index in [9.17, 15) is 5.11 Å². The molecule has 1 N–H and O–H groups in total. The van der Waals surface area contributed by atoms with Crippen molar-refractivity contribution in [2.24, 2.45) is 5.41 Å². The third-order valence-corrected chi connectivity index (χ3v) is 3.68. The van der Waals surface area contributed by atoms with Crippen LogP contribution in [-0.4, -0.2) is 35.2 Å². The van der Waals surface area contributed by atoms with Gasteiger partial charge in [0.05, 0.1) is 6.10 Å². The normalized spacial score (nSPS) is 27.6. The van der Waals surface area contributed by atoms with Crippen LogP contribution < -0.4 is 0 Å². The summed E-state index contributed by atoms with van der Waals surface area (Å²) in [6.45, 7) is 10.7. The van der Waals surface area contributed by atoms with Crippen molar-refractivity contribution in [2.45, 2.75) is 59.1 Å². The van der Waals surface area contributed by atoms with Gasteiger partial charge in [-0.3, -0.25) is 0 Å². The lowest BCUT2D eigenvalue weighted by Crippen LogP contribution is -2.46. The number of nitrogens with zero attached hydrogens (tertiary/aromatic N) is 1. The second-order valence-electron chi connectivity index (χ2n) is 5.48. The van der Waals surface area contributed by atoms with Crippen LogP contribution in [0.15, 0.2) is 0 Å². The predicted octanol–water partition coefficient (Wildman–Crippen LogP) is 2.27. The fraction of sp³-hybridized carbons (Fsp3) is 1.00. The van der Waals surface area contributed by atoms with E-state index in [1.807, 2.05) is 6.92 Å². The average molecular weight is 199 g/mol. The number of aliphatic hydroxyl groups excluding tert-OH is 1. The molecule has 1 rings (SSSR count). The smallest absolute Gasteiger partial charge is 0.0575 e. The number of piperidine rings is 1. The molecule has 0 bridgehead atoms. The van der Waals surface area contributed by atoms with E-state index in [4.69, 9.17) is 0 Å². The van der Waals surface area contributed by atoms with E-state index in [-0.39, 0.29) is 11.5 Å². The summed E-state index contributed by atoms with van der Waals surface area (Å²) in [5.74, 6) is 0. The van der Waals surface area contributed by atoms with E-state index >= 15 is 0 Å². The number of hydrogen-bond donors (Lipinski definition) is 1. The topological polar surface area (TPSA) is 23.5 Å². The molecule has 1 fully saturated rings. The van der Waals surface area contributed by atoms with Crippen LogP contribution in [0.3, 0.4) is 0 Å². The number of rotatable bonds is 3. The monoisotopic (exact) mass is 199 g/mol. The van der Waals surface area contributed by atoms with Crippen molar-refractivity contribution in [2.75, 3.05) is 13.1 Å². The van der Waals surface area contributed by atoms with Gasteiger partial charge < -0.3 is 10.0 Å². The van der Waals surface area contributed by atoms with E-state index in [0.29, 0.717) is 6.04 Å². The van der Waals surface area contributed by atoms with Crippen LogP contribution in [0.25, 0.3) is 0 Å². The van der Waals surface area contributed by atoms with Crippen molar-refractivity contribution in [3.05, 3.63) is 0 Å². The van der Waals surface area contributed by atoms with Crippen molar-refractivity contribution in [1.82, 2.24) is 4.90 Å². The van der Waals surface area contributed by atoms with Crippen molar-refractivity contribution in [3.8, 4) is 0 Å². The predicted molar refractivity (Wildman–Crippen MR) is 60.3 cm³/mol. The van der Waals surface area contributed by atoms with Gasteiger partial charge in [-0.15, -0.1) is 0 Å². The first-order chi connectivity index (χ1) is 6.43.